The van der Waals surface area contributed by atoms with Gasteiger partial charge in [0, 0.05) is 12.6 Å². The van der Waals surface area contributed by atoms with E-state index in [2.05, 4.69) is 5.10 Å². The van der Waals surface area contributed by atoms with Gasteiger partial charge >= 0.3 is 5.97 Å². The fourth-order valence-electron chi connectivity index (χ4n) is 1.67. The van der Waals surface area contributed by atoms with Gasteiger partial charge in [-0.05, 0) is 17.7 Å². The van der Waals surface area contributed by atoms with E-state index >= 15 is 0 Å². The van der Waals surface area contributed by atoms with Crippen LogP contribution in [0.15, 0.2) is 24.3 Å². The van der Waals surface area contributed by atoms with Crippen molar-refractivity contribution in [2.24, 2.45) is 7.05 Å². The zero-order chi connectivity index (χ0) is 13.3. The predicted molar refractivity (Wildman–Crippen MR) is 65.4 cm³/mol. The summed E-state index contributed by atoms with van der Waals surface area (Å²) in [6.07, 6.45) is 0. The van der Waals surface area contributed by atoms with Gasteiger partial charge in [0.05, 0.1) is 10.7 Å². The second-order valence-electron chi connectivity index (χ2n) is 3.79. The monoisotopic (exact) mass is 268 g/mol. The highest BCUT2D eigenvalue weighted by Crippen LogP contribution is 2.29. The maximum Gasteiger partial charge on any atom is 0.356 e. The summed E-state index contributed by atoms with van der Waals surface area (Å²) in [5.74, 6) is -1.10. The van der Waals surface area contributed by atoms with Gasteiger partial charge in [0.2, 0.25) is 0 Å². The van der Waals surface area contributed by atoms with Gasteiger partial charge in [-0.25, -0.2) is 9.18 Å². The zero-order valence-electron chi connectivity index (χ0n) is 9.52. The molecule has 0 aliphatic carbocycles. The molecule has 0 spiro atoms. The van der Waals surface area contributed by atoms with Crippen LogP contribution in [-0.2, 0) is 13.7 Å². The number of benzene rings is 1. The summed E-state index contributed by atoms with van der Waals surface area (Å²) in [6.45, 7) is -0.592. The maximum atomic E-state index is 12.5. The lowest BCUT2D eigenvalue weighted by molar-refractivity contribution is 0.0689. The van der Waals surface area contributed by atoms with Crippen LogP contribution in [0.3, 0.4) is 0 Å². The molecular weight excluding hydrogens is 259 g/mol. The number of nitrogens with zero attached hydrogens (tertiary/aromatic N) is 2. The van der Waals surface area contributed by atoms with Crippen molar-refractivity contribution in [1.82, 2.24) is 9.78 Å². The Morgan fingerprint density at radius 3 is 2.72 bits per heavy atom. The third-order valence-corrected chi connectivity index (χ3v) is 2.88. The molecule has 2 aromatic rings. The normalized spacial score (nSPS) is 10.6. The van der Waals surface area contributed by atoms with E-state index in [9.17, 15) is 9.18 Å². The van der Waals surface area contributed by atoms with Gasteiger partial charge in [-0.3, -0.25) is 4.68 Å². The molecule has 0 bridgehead atoms. The average molecular weight is 269 g/mol. The fourth-order valence-corrected chi connectivity index (χ4v) is 1.97. The van der Waals surface area contributed by atoms with E-state index < -0.39 is 12.6 Å². The molecule has 1 N–H and O–H groups in total. The molecule has 0 fully saturated rings. The minimum atomic E-state index is -1.10. The van der Waals surface area contributed by atoms with Crippen molar-refractivity contribution in [1.29, 1.82) is 0 Å². The van der Waals surface area contributed by atoms with Crippen molar-refractivity contribution in [3.8, 4) is 11.3 Å². The average Bonchev–Trinajstić information content (AvgIpc) is 2.71. The van der Waals surface area contributed by atoms with E-state index in [1.54, 1.807) is 19.2 Å². The molecule has 0 radical (unpaired) electrons. The van der Waals surface area contributed by atoms with Crippen molar-refractivity contribution in [3.63, 3.8) is 0 Å². The topological polar surface area (TPSA) is 55.1 Å². The first-order valence-corrected chi connectivity index (χ1v) is 5.53. The molecular formula is C12H10ClFN2O2. The highest BCUT2D eigenvalue weighted by atomic mass is 35.5. The van der Waals surface area contributed by atoms with Gasteiger partial charge in [-0.1, -0.05) is 23.7 Å². The number of aromatic nitrogens is 2. The molecule has 0 aliphatic rings. The van der Waals surface area contributed by atoms with E-state index in [0.717, 1.165) is 0 Å². The van der Waals surface area contributed by atoms with E-state index in [-0.39, 0.29) is 5.69 Å². The minimum Gasteiger partial charge on any atom is -0.476 e. The van der Waals surface area contributed by atoms with Crippen LogP contribution >= 0.6 is 11.6 Å². The number of halogens is 2. The molecule has 94 valence electrons. The van der Waals surface area contributed by atoms with Crippen molar-refractivity contribution < 1.29 is 14.3 Å². The minimum absolute atomic E-state index is 0.0573. The third kappa shape index (κ3) is 2.22. The summed E-state index contributed by atoms with van der Waals surface area (Å²) in [6, 6.07) is 6.21. The summed E-state index contributed by atoms with van der Waals surface area (Å²) in [5.41, 5.74) is 1.61. The number of rotatable bonds is 3. The molecule has 1 heterocycles. The number of alkyl halides is 1. The lowest BCUT2D eigenvalue weighted by Crippen LogP contribution is -1.99. The summed E-state index contributed by atoms with van der Waals surface area (Å²) in [7, 11) is 1.63. The Labute approximate surface area is 108 Å². The molecule has 0 amide bonds. The lowest BCUT2D eigenvalue weighted by atomic mass is 10.1. The summed E-state index contributed by atoms with van der Waals surface area (Å²) >= 11 is 6.05. The summed E-state index contributed by atoms with van der Waals surface area (Å²) in [5, 5.41) is 13.1. The van der Waals surface area contributed by atoms with Crippen LogP contribution < -0.4 is 0 Å². The fraction of sp³-hybridized carbons (Fsp3) is 0.167. The van der Waals surface area contributed by atoms with Gasteiger partial charge in [-0.2, -0.15) is 5.10 Å². The molecule has 18 heavy (non-hydrogen) atoms. The Hall–Kier alpha value is -1.88. The number of carboxylic acid groups (broad SMARTS) is 1. The van der Waals surface area contributed by atoms with Crippen LogP contribution in [-0.4, -0.2) is 20.9 Å². The Morgan fingerprint density at radius 2 is 2.22 bits per heavy atom. The number of carbonyl (C=O) groups is 1. The van der Waals surface area contributed by atoms with Crippen LogP contribution in [0.2, 0.25) is 5.02 Å². The molecule has 6 heteroatoms. The molecule has 4 nitrogen and oxygen atoms in total. The van der Waals surface area contributed by atoms with Crippen LogP contribution in [0.1, 0.15) is 16.1 Å². The standard InChI is InChI=1S/C12H10ClFN2O2/c1-16-11(5-10(15-16)12(17)18)8-3-2-7(6-14)4-9(8)13/h2-5H,6H2,1H3,(H,17,18). The highest BCUT2D eigenvalue weighted by molar-refractivity contribution is 6.33. The van der Waals surface area contributed by atoms with Gasteiger partial charge in [-0.15, -0.1) is 0 Å². The van der Waals surface area contributed by atoms with Crippen LogP contribution in [0.5, 0.6) is 0 Å². The quantitative estimate of drug-likeness (QED) is 0.931. The van der Waals surface area contributed by atoms with Gasteiger partial charge in [0.15, 0.2) is 5.69 Å². The number of aryl methyl sites for hydroxylation is 1. The van der Waals surface area contributed by atoms with Crippen LogP contribution in [0.4, 0.5) is 4.39 Å². The molecule has 0 unspecified atom stereocenters. The van der Waals surface area contributed by atoms with Gasteiger partial charge in [0.1, 0.15) is 6.67 Å². The zero-order valence-corrected chi connectivity index (χ0v) is 10.3. The van der Waals surface area contributed by atoms with E-state index in [4.69, 9.17) is 16.7 Å². The first kappa shape index (κ1) is 12.6. The Kier molecular flexibility index (Phi) is 3.34. The van der Waals surface area contributed by atoms with Crippen molar-refractivity contribution >= 4 is 17.6 Å². The molecule has 0 saturated carbocycles. The van der Waals surface area contributed by atoms with E-state index in [1.807, 2.05) is 0 Å². The molecule has 0 saturated heterocycles. The highest BCUT2D eigenvalue weighted by Gasteiger charge is 2.14. The lowest BCUT2D eigenvalue weighted by Gasteiger charge is -2.05. The van der Waals surface area contributed by atoms with Crippen LogP contribution in [0, 0.1) is 0 Å². The van der Waals surface area contributed by atoms with E-state index in [0.29, 0.717) is 21.8 Å². The smallest absolute Gasteiger partial charge is 0.356 e. The van der Waals surface area contributed by atoms with E-state index in [1.165, 1.54) is 16.8 Å². The molecule has 1 aromatic carbocycles. The van der Waals surface area contributed by atoms with Crippen molar-refractivity contribution in [2.75, 3.05) is 0 Å². The number of hydrogen-bond acceptors (Lipinski definition) is 2. The first-order valence-electron chi connectivity index (χ1n) is 5.15. The molecule has 0 atom stereocenters. The SMILES string of the molecule is Cn1nc(C(=O)O)cc1-c1ccc(CF)cc1Cl. The Balaban J connectivity index is 2.51. The largest absolute Gasteiger partial charge is 0.476 e. The first-order chi connectivity index (χ1) is 8.52. The van der Waals surface area contributed by atoms with Crippen molar-refractivity contribution in [2.45, 2.75) is 6.67 Å². The van der Waals surface area contributed by atoms with Gasteiger partial charge in [0.25, 0.3) is 0 Å². The summed E-state index contributed by atoms with van der Waals surface area (Å²) < 4.78 is 13.9. The molecule has 2 rings (SSSR count). The third-order valence-electron chi connectivity index (χ3n) is 2.56. The second-order valence-corrected chi connectivity index (χ2v) is 4.20. The Morgan fingerprint density at radius 1 is 1.50 bits per heavy atom. The maximum absolute atomic E-state index is 12.5. The van der Waals surface area contributed by atoms with Gasteiger partial charge < -0.3 is 5.11 Å². The number of carboxylic acids is 1. The predicted octanol–water partition coefficient (Wildman–Crippen LogP) is 2.91. The molecule has 1 aromatic heterocycles. The second kappa shape index (κ2) is 4.78. The Bertz CT molecular complexity index is 610. The molecule has 0 aliphatic heterocycles. The number of hydrogen-bond donors (Lipinski definition) is 1. The number of aromatic carboxylic acids is 1. The van der Waals surface area contributed by atoms with Crippen LogP contribution in [0.25, 0.3) is 11.3 Å². The van der Waals surface area contributed by atoms with Crippen molar-refractivity contribution in [3.05, 3.63) is 40.5 Å². The summed E-state index contributed by atoms with van der Waals surface area (Å²) in [4.78, 5) is 10.8.